The molecule has 2 saturated heterocycles. The molecule has 1 unspecified atom stereocenters. The number of aryl methyl sites for hydroxylation is 1. The van der Waals surface area contributed by atoms with Gasteiger partial charge < -0.3 is 13.9 Å². The van der Waals surface area contributed by atoms with Gasteiger partial charge in [-0.2, -0.15) is 0 Å². The lowest BCUT2D eigenvalue weighted by Crippen LogP contribution is -2.60. The molecule has 4 heterocycles. The molecule has 25 heavy (non-hydrogen) atoms. The van der Waals surface area contributed by atoms with Crippen molar-refractivity contribution in [3.05, 3.63) is 41.2 Å². The summed E-state index contributed by atoms with van der Waals surface area (Å²) in [6, 6.07) is 6.03. The first-order valence-corrected chi connectivity index (χ1v) is 9.27. The highest BCUT2D eigenvalue weighted by Gasteiger charge is 2.43. The van der Waals surface area contributed by atoms with Crippen molar-refractivity contribution in [1.82, 2.24) is 4.90 Å². The first-order chi connectivity index (χ1) is 12.1. The van der Waals surface area contributed by atoms with Crippen LogP contribution >= 0.6 is 11.3 Å². The lowest BCUT2D eigenvalue weighted by Gasteiger charge is -2.42. The van der Waals surface area contributed by atoms with E-state index in [1.54, 1.807) is 23.9 Å². The number of ether oxygens (including phenoxy) is 2. The number of carbonyl (C=O) groups is 1. The van der Waals surface area contributed by atoms with Gasteiger partial charge >= 0.3 is 0 Å². The van der Waals surface area contributed by atoms with E-state index < -0.39 is 5.60 Å². The monoisotopic (exact) mass is 362 g/mol. The Kier molecular flexibility index (Phi) is 4.64. The van der Waals surface area contributed by atoms with Crippen molar-refractivity contribution in [3.8, 4) is 0 Å². The minimum Gasteiger partial charge on any atom is -0.472 e. The van der Waals surface area contributed by atoms with Crippen molar-refractivity contribution in [3.63, 3.8) is 0 Å². The largest absolute Gasteiger partial charge is 0.472 e. The second kappa shape index (κ2) is 6.92. The van der Waals surface area contributed by atoms with Crippen molar-refractivity contribution in [2.24, 2.45) is 0 Å². The van der Waals surface area contributed by atoms with Crippen LogP contribution in [0.15, 0.2) is 35.1 Å². The Bertz CT molecular complexity index is 729. The Balaban J connectivity index is 1.53. The summed E-state index contributed by atoms with van der Waals surface area (Å²) < 4.78 is 17.0. The summed E-state index contributed by atoms with van der Waals surface area (Å²) in [5.41, 5.74) is 0.640. The van der Waals surface area contributed by atoms with E-state index >= 15 is 0 Å². The highest BCUT2D eigenvalue weighted by atomic mass is 32.1. The molecule has 2 aromatic heterocycles. The predicted octanol–water partition coefficient (Wildman–Crippen LogP) is 2.28. The minimum atomic E-state index is -0.494. The van der Waals surface area contributed by atoms with Crippen LogP contribution in [-0.2, 0) is 20.8 Å². The topological polar surface area (TPSA) is 55.1 Å². The van der Waals surface area contributed by atoms with E-state index in [1.165, 1.54) is 4.88 Å². The maximum Gasteiger partial charge on any atom is 0.253 e. The third-order valence-corrected chi connectivity index (χ3v) is 5.68. The molecule has 7 heteroatoms. The molecule has 134 valence electrons. The average Bonchev–Trinajstić information content (AvgIpc) is 3.21. The molecule has 4 rings (SSSR count). The zero-order valence-electron chi connectivity index (χ0n) is 14.3. The SMILES string of the molecule is Cc1ccc(N2CC3(COCCN(Cc4ccoc4)C3)OCC2=O)s1. The minimum absolute atomic E-state index is 0.0121. The fourth-order valence-corrected chi connectivity index (χ4v) is 4.30. The van der Waals surface area contributed by atoms with Gasteiger partial charge in [-0.15, -0.1) is 11.3 Å². The predicted molar refractivity (Wildman–Crippen MR) is 94.9 cm³/mol. The summed E-state index contributed by atoms with van der Waals surface area (Å²) in [6.45, 7) is 6.19. The lowest BCUT2D eigenvalue weighted by molar-refractivity contribution is -0.146. The van der Waals surface area contributed by atoms with Gasteiger partial charge in [0.15, 0.2) is 0 Å². The van der Waals surface area contributed by atoms with Gasteiger partial charge in [-0.3, -0.25) is 14.6 Å². The number of amides is 1. The van der Waals surface area contributed by atoms with Gasteiger partial charge in [0.05, 0.1) is 37.3 Å². The molecule has 0 bridgehead atoms. The van der Waals surface area contributed by atoms with Crippen molar-refractivity contribution < 1.29 is 18.7 Å². The quantitative estimate of drug-likeness (QED) is 0.839. The third kappa shape index (κ3) is 3.64. The normalized spacial score (nSPS) is 25.5. The molecule has 2 fully saturated rings. The number of carbonyl (C=O) groups excluding carboxylic acids is 1. The summed E-state index contributed by atoms with van der Waals surface area (Å²) in [4.78, 5) is 17.8. The maximum absolute atomic E-state index is 12.4. The molecule has 1 amide bonds. The number of nitrogens with zero attached hydrogens (tertiary/aromatic N) is 2. The summed E-state index contributed by atoms with van der Waals surface area (Å²) in [5, 5.41) is 0.982. The van der Waals surface area contributed by atoms with E-state index in [-0.39, 0.29) is 12.5 Å². The molecular formula is C18H22N2O4S. The van der Waals surface area contributed by atoms with Gasteiger partial charge in [-0.05, 0) is 25.1 Å². The number of hydrogen-bond acceptors (Lipinski definition) is 6. The van der Waals surface area contributed by atoms with E-state index in [9.17, 15) is 4.79 Å². The van der Waals surface area contributed by atoms with Crippen LogP contribution in [-0.4, -0.2) is 55.9 Å². The Labute approximate surface area is 150 Å². The zero-order valence-corrected chi connectivity index (χ0v) is 15.1. The number of thiophene rings is 1. The fourth-order valence-electron chi connectivity index (χ4n) is 3.43. The molecule has 0 aliphatic carbocycles. The van der Waals surface area contributed by atoms with Gasteiger partial charge in [-0.25, -0.2) is 0 Å². The lowest BCUT2D eigenvalue weighted by atomic mass is 10.0. The Morgan fingerprint density at radius 3 is 2.96 bits per heavy atom. The highest BCUT2D eigenvalue weighted by Crippen LogP contribution is 2.31. The number of rotatable bonds is 3. The van der Waals surface area contributed by atoms with Crippen LogP contribution in [0.2, 0.25) is 0 Å². The molecule has 2 aliphatic rings. The van der Waals surface area contributed by atoms with Gasteiger partial charge in [0.2, 0.25) is 0 Å². The van der Waals surface area contributed by atoms with Gasteiger partial charge in [0, 0.05) is 30.1 Å². The number of furan rings is 1. The number of morpholine rings is 1. The van der Waals surface area contributed by atoms with E-state index in [4.69, 9.17) is 13.9 Å². The van der Waals surface area contributed by atoms with E-state index in [0.29, 0.717) is 19.8 Å². The Hall–Kier alpha value is -1.67. The van der Waals surface area contributed by atoms with E-state index in [1.807, 2.05) is 23.1 Å². The smallest absolute Gasteiger partial charge is 0.253 e. The second-order valence-electron chi connectivity index (χ2n) is 6.73. The summed E-state index contributed by atoms with van der Waals surface area (Å²) in [5.74, 6) is 0.0121. The van der Waals surface area contributed by atoms with Crippen LogP contribution in [0.5, 0.6) is 0 Å². The fraction of sp³-hybridized carbons (Fsp3) is 0.500. The molecule has 0 N–H and O–H groups in total. The van der Waals surface area contributed by atoms with E-state index in [2.05, 4.69) is 11.8 Å². The van der Waals surface area contributed by atoms with E-state index in [0.717, 1.165) is 30.2 Å². The highest BCUT2D eigenvalue weighted by molar-refractivity contribution is 7.16. The summed E-state index contributed by atoms with van der Waals surface area (Å²) >= 11 is 1.64. The molecule has 1 atom stereocenters. The van der Waals surface area contributed by atoms with Crippen LogP contribution in [0, 0.1) is 6.92 Å². The van der Waals surface area contributed by atoms with Crippen molar-refractivity contribution in [1.29, 1.82) is 0 Å². The summed E-state index contributed by atoms with van der Waals surface area (Å²) in [7, 11) is 0. The standard InChI is InChI=1S/C18H22N2O4S/c1-14-2-3-17(25-14)20-12-18(24-10-16(20)21)11-19(5-7-23-13-18)8-15-4-6-22-9-15/h2-4,6,9H,5,7-8,10-13H2,1H3. The molecule has 2 aliphatic heterocycles. The second-order valence-corrected chi connectivity index (χ2v) is 8.00. The molecule has 1 spiro atoms. The molecule has 0 saturated carbocycles. The number of hydrogen-bond donors (Lipinski definition) is 0. The molecule has 2 aromatic rings. The van der Waals surface area contributed by atoms with Gasteiger partial charge in [-0.1, -0.05) is 0 Å². The molecule has 0 radical (unpaired) electrons. The van der Waals surface area contributed by atoms with Crippen molar-refractivity contribution in [2.45, 2.75) is 19.1 Å². The zero-order chi connectivity index (χ0) is 17.3. The average molecular weight is 362 g/mol. The van der Waals surface area contributed by atoms with Crippen LogP contribution < -0.4 is 4.90 Å². The van der Waals surface area contributed by atoms with Crippen LogP contribution in [0.25, 0.3) is 0 Å². The molecular weight excluding hydrogens is 340 g/mol. The Morgan fingerprint density at radius 1 is 1.28 bits per heavy atom. The first kappa shape index (κ1) is 16.8. The first-order valence-electron chi connectivity index (χ1n) is 8.46. The van der Waals surface area contributed by atoms with Gasteiger partial charge in [0.1, 0.15) is 12.2 Å². The molecule has 6 nitrogen and oxygen atoms in total. The maximum atomic E-state index is 12.4. The summed E-state index contributed by atoms with van der Waals surface area (Å²) in [6.07, 6.45) is 3.46. The van der Waals surface area contributed by atoms with Crippen LogP contribution in [0.4, 0.5) is 5.00 Å². The van der Waals surface area contributed by atoms with Crippen LogP contribution in [0.3, 0.4) is 0 Å². The number of anilines is 1. The Morgan fingerprint density at radius 2 is 2.20 bits per heavy atom. The molecule has 0 aromatic carbocycles. The van der Waals surface area contributed by atoms with Gasteiger partial charge in [0.25, 0.3) is 5.91 Å². The van der Waals surface area contributed by atoms with Crippen molar-refractivity contribution in [2.75, 3.05) is 44.4 Å². The van der Waals surface area contributed by atoms with Crippen molar-refractivity contribution >= 4 is 22.2 Å². The third-order valence-electron chi connectivity index (χ3n) is 4.66. The van der Waals surface area contributed by atoms with Crippen LogP contribution in [0.1, 0.15) is 10.4 Å².